The van der Waals surface area contributed by atoms with Crippen LogP contribution in [0, 0.1) is 11.8 Å². The minimum Gasteiger partial charge on any atom is -0.499 e. The molecule has 2 spiro atoms. The second-order valence-corrected chi connectivity index (χ2v) is 7.70. The van der Waals surface area contributed by atoms with E-state index in [1.807, 2.05) is 0 Å². The molecule has 6 atom stereocenters. The SMILES string of the molecule is COC1=C[C@]23C[C@H]4CN2CCC2C=C5OCO[C@]5(C=C2[C@@H]3[C@@H]1O)O4. The van der Waals surface area contributed by atoms with E-state index >= 15 is 0 Å². The van der Waals surface area contributed by atoms with Crippen LogP contribution in [0.5, 0.6) is 0 Å². The fraction of sp³-hybridized carbons (Fsp3) is 0.667. The third-order valence-electron chi connectivity index (χ3n) is 6.72. The Balaban J connectivity index is 1.61. The van der Waals surface area contributed by atoms with E-state index in [0.717, 1.165) is 31.7 Å². The summed E-state index contributed by atoms with van der Waals surface area (Å²) in [6.45, 7) is 2.05. The maximum Gasteiger partial charge on any atom is 0.251 e. The third kappa shape index (κ3) is 1.43. The second-order valence-electron chi connectivity index (χ2n) is 7.70. The molecule has 3 saturated heterocycles. The summed E-state index contributed by atoms with van der Waals surface area (Å²) in [6, 6.07) is 0. The molecule has 24 heavy (non-hydrogen) atoms. The van der Waals surface area contributed by atoms with Crippen molar-refractivity contribution in [3.63, 3.8) is 0 Å². The number of hydrogen-bond donors (Lipinski definition) is 1. The number of methoxy groups -OCH3 is 1. The average molecular weight is 331 g/mol. The number of rotatable bonds is 1. The monoisotopic (exact) mass is 331 g/mol. The van der Waals surface area contributed by atoms with E-state index in [-0.39, 0.29) is 30.3 Å². The summed E-state index contributed by atoms with van der Waals surface area (Å²) in [5.41, 5.74) is 1.01. The van der Waals surface area contributed by atoms with E-state index in [2.05, 4.69) is 23.1 Å². The minimum absolute atomic E-state index is 0.00674. The molecule has 0 aromatic carbocycles. The number of aliphatic hydroxyl groups is 1. The van der Waals surface area contributed by atoms with Gasteiger partial charge in [-0.3, -0.25) is 4.90 Å². The summed E-state index contributed by atoms with van der Waals surface area (Å²) in [5.74, 6) is 0.818. The van der Waals surface area contributed by atoms with Crippen molar-refractivity contribution in [3.8, 4) is 0 Å². The van der Waals surface area contributed by atoms with Crippen LogP contribution in [0.15, 0.2) is 35.3 Å². The Kier molecular flexibility index (Phi) is 2.46. The summed E-state index contributed by atoms with van der Waals surface area (Å²) in [6.07, 6.45) is 7.71. The maximum atomic E-state index is 11.0. The average Bonchev–Trinajstić information content (AvgIpc) is 3.17. The van der Waals surface area contributed by atoms with Crippen molar-refractivity contribution in [1.29, 1.82) is 0 Å². The predicted molar refractivity (Wildman–Crippen MR) is 82.4 cm³/mol. The first-order valence-electron chi connectivity index (χ1n) is 8.75. The van der Waals surface area contributed by atoms with Crippen LogP contribution in [0.1, 0.15) is 12.8 Å². The molecule has 6 aliphatic rings. The Labute approximate surface area is 140 Å². The number of nitrogens with zero attached hydrogens (tertiary/aromatic N) is 1. The van der Waals surface area contributed by atoms with Gasteiger partial charge in [0.25, 0.3) is 5.79 Å². The normalized spacial score (nSPS) is 51.0. The fourth-order valence-electron chi connectivity index (χ4n) is 5.81. The molecular formula is C18H21NO5. The Hall–Kier alpha value is -1.34. The Bertz CT molecular complexity index is 714. The van der Waals surface area contributed by atoms with Gasteiger partial charge in [0.2, 0.25) is 0 Å². The summed E-state index contributed by atoms with van der Waals surface area (Å²) in [7, 11) is 1.64. The summed E-state index contributed by atoms with van der Waals surface area (Å²) in [4.78, 5) is 2.49. The predicted octanol–water partition coefficient (Wildman–Crippen LogP) is 0.895. The minimum atomic E-state index is -0.897. The molecule has 6 rings (SSSR count). The number of allylic oxidation sites excluding steroid dienone is 1. The lowest BCUT2D eigenvalue weighted by Crippen LogP contribution is -2.49. The van der Waals surface area contributed by atoms with Gasteiger partial charge < -0.3 is 24.1 Å². The van der Waals surface area contributed by atoms with Crippen molar-refractivity contribution in [3.05, 3.63) is 35.3 Å². The van der Waals surface area contributed by atoms with Gasteiger partial charge in [-0.05, 0) is 37.6 Å². The van der Waals surface area contributed by atoms with Crippen molar-refractivity contribution in [2.45, 2.75) is 36.4 Å². The van der Waals surface area contributed by atoms with Crippen LogP contribution in [0.4, 0.5) is 0 Å². The molecule has 1 unspecified atom stereocenters. The zero-order valence-electron chi connectivity index (χ0n) is 13.6. The molecular weight excluding hydrogens is 310 g/mol. The molecule has 3 fully saturated rings. The molecule has 0 amide bonds. The van der Waals surface area contributed by atoms with E-state index in [1.54, 1.807) is 7.11 Å². The van der Waals surface area contributed by atoms with Gasteiger partial charge in [-0.1, -0.05) is 5.57 Å². The highest BCUT2D eigenvalue weighted by Gasteiger charge is 2.64. The highest BCUT2D eigenvalue weighted by Crippen LogP contribution is 2.58. The van der Waals surface area contributed by atoms with E-state index < -0.39 is 11.9 Å². The lowest BCUT2D eigenvalue weighted by molar-refractivity contribution is -0.186. The zero-order chi connectivity index (χ0) is 16.1. The summed E-state index contributed by atoms with van der Waals surface area (Å²) in [5, 5.41) is 11.0. The molecule has 0 aromatic rings. The number of fused-ring (bicyclic) bond motifs is 1. The molecule has 1 N–H and O–H groups in total. The molecule has 6 heteroatoms. The van der Waals surface area contributed by atoms with Gasteiger partial charge in [0.1, 0.15) is 11.9 Å². The van der Waals surface area contributed by atoms with Crippen LogP contribution in [0.25, 0.3) is 0 Å². The number of ether oxygens (including phenoxy) is 4. The topological polar surface area (TPSA) is 60.4 Å². The molecule has 0 radical (unpaired) electrons. The van der Waals surface area contributed by atoms with Gasteiger partial charge in [0.15, 0.2) is 12.6 Å². The smallest absolute Gasteiger partial charge is 0.251 e. The van der Waals surface area contributed by atoms with Gasteiger partial charge in [-0.25, -0.2) is 0 Å². The van der Waals surface area contributed by atoms with E-state index in [9.17, 15) is 5.11 Å². The van der Waals surface area contributed by atoms with Gasteiger partial charge in [-0.15, -0.1) is 0 Å². The highest BCUT2D eigenvalue weighted by atomic mass is 16.8. The van der Waals surface area contributed by atoms with Crippen molar-refractivity contribution in [2.75, 3.05) is 27.0 Å². The quantitative estimate of drug-likeness (QED) is 0.720. The van der Waals surface area contributed by atoms with Crippen LogP contribution in [0.3, 0.4) is 0 Å². The van der Waals surface area contributed by atoms with Crippen molar-refractivity contribution >= 4 is 0 Å². The number of hydrogen-bond acceptors (Lipinski definition) is 6. The largest absolute Gasteiger partial charge is 0.499 e. The van der Waals surface area contributed by atoms with Gasteiger partial charge in [-0.2, -0.15) is 0 Å². The van der Waals surface area contributed by atoms with Crippen LogP contribution >= 0.6 is 0 Å². The van der Waals surface area contributed by atoms with E-state index in [1.165, 1.54) is 5.57 Å². The van der Waals surface area contributed by atoms with Crippen LogP contribution < -0.4 is 0 Å². The van der Waals surface area contributed by atoms with Crippen molar-refractivity contribution in [2.24, 2.45) is 11.8 Å². The van der Waals surface area contributed by atoms with Crippen LogP contribution in [-0.2, 0) is 18.9 Å². The molecule has 4 aliphatic heterocycles. The highest BCUT2D eigenvalue weighted by molar-refractivity contribution is 5.44. The molecule has 2 aliphatic carbocycles. The van der Waals surface area contributed by atoms with E-state index in [0.29, 0.717) is 5.76 Å². The molecule has 0 aromatic heterocycles. The van der Waals surface area contributed by atoms with Crippen LogP contribution in [-0.4, -0.2) is 60.5 Å². The maximum absolute atomic E-state index is 11.0. The summed E-state index contributed by atoms with van der Waals surface area (Å²) >= 11 is 0. The van der Waals surface area contributed by atoms with Gasteiger partial charge in [0.05, 0.1) is 18.8 Å². The first kappa shape index (κ1) is 13.9. The van der Waals surface area contributed by atoms with Gasteiger partial charge >= 0.3 is 0 Å². The van der Waals surface area contributed by atoms with Gasteiger partial charge in [0, 0.05) is 18.4 Å². The number of aliphatic hydroxyl groups excluding tert-OH is 1. The lowest BCUT2D eigenvalue weighted by Gasteiger charge is -2.42. The molecule has 0 saturated carbocycles. The second kappa shape index (κ2) is 4.25. The molecule has 128 valence electrons. The van der Waals surface area contributed by atoms with Crippen molar-refractivity contribution in [1.82, 2.24) is 4.90 Å². The van der Waals surface area contributed by atoms with Crippen LogP contribution in [0.2, 0.25) is 0 Å². The first-order valence-corrected chi connectivity index (χ1v) is 8.75. The Morgan fingerprint density at radius 3 is 3.17 bits per heavy atom. The van der Waals surface area contributed by atoms with Crippen molar-refractivity contribution < 1.29 is 24.1 Å². The Morgan fingerprint density at radius 2 is 2.29 bits per heavy atom. The molecule has 4 heterocycles. The molecule has 4 bridgehead atoms. The standard InChI is InChI=1S/C18H21NO5/c1-21-13-7-17-5-11-8-19(17)3-2-10-4-14-18(24-11,23-9-22-14)6-12(10)15(17)16(13)20/h4,6-7,10-11,15-16,20H,2-3,5,8-9H2,1H3/t10?,11-,15+,16+,17-,18+/m0/s1. The molecule has 6 nitrogen and oxygen atoms in total. The third-order valence-corrected chi connectivity index (χ3v) is 6.72. The lowest BCUT2D eigenvalue weighted by atomic mass is 9.71. The van der Waals surface area contributed by atoms with E-state index in [4.69, 9.17) is 18.9 Å². The zero-order valence-corrected chi connectivity index (χ0v) is 13.6. The first-order chi connectivity index (χ1) is 11.7. The Morgan fingerprint density at radius 1 is 1.38 bits per heavy atom. The summed E-state index contributed by atoms with van der Waals surface area (Å²) < 4.78 is 23.6. The fourth-order valence-corrected chi connectivity index (χ4v) is 5.81.